The largest absolute Gasteiger partial charge is 0.354 e. The lowest BCUT2D eigenvalue weighted by Crippen LogP contribution is -2.31. The molecule has 0 bridgehead atoms. The first kappa shape index (κ1) is 13.4. The smallest absolute Gasteiger partial charge is 0.217 e. The van der Waals surface area contributed by atoms with Gasteiger partial charge in [0.15, 0.2) is 0 Å². The molecule has 0 aromatic heterocycles. The zero-order valence-corrected chi connectivity index (χ0v) is 9.97. The van der Waals surface area contributed by atoms with Gasteiger partial charge in [-0.05, 0) is 39.4 Å². The van der Waals surface area contributed by atoms with Crippen molar-refractivity contribution in [3.63, 3.8) is 0 Å². The van der Waals surface area contributed by atoms with Crippen molar-refractivity contribution in [1.82, 2.24) is 10.2 Å². The van der Waals surface area contributed by atoms with Crippen molar-refractivity contribution in [3.05, 3.63) is 0 Å². The predicted octanol–water partition coefficient (Wildman–Crippen LogP) is 1.63. The SMILES string of the molecule is CCN(CC)CCC[C@H](C)NC(C)=O. The Morgan fingerprint density at radius 1 is 1.36 bits per heavy atom. The third-order valence-electron chi connectivity index (χ3n) is 2.46. The fourth-order valence-electron chi connectivity index (χ4n) is 1.58. The molecule has 0 aromatic rings. The summed E-state index contributed by atoms with van der Waals surface area (Å²) >= 11 is 0. The van der Waals surface area contributed by atoms with E-state index in [0.29, 0.717) is 6.04 Å². The van der Waals surface area contributed by atoms with Crippen LogP contribution in [0.25, 0.3) is 0 Å². The summed E-state index contributed by atoms with van der Waals surface area (Å²) in [5.74, 6) is 0.0698. The first-order valence-corrected chi connectivity index (χ1v) is 5.59. The Hall–Kier alpha value is -0.570. The third-order valence-corrected chi connectivity index (χ3v) is 2.46. The van der Waals surface area contributed by atoms with Crippen molar-refractivity contribution in [2.45, 2.75) is 46.6 Å². The Balaban J connectivity index is 3.47. The summed E-state index contributed by atoms with van der Waals surface area (Å²) in [5.41, 5.74) is 0. The fraction of sp³-hybridized carbons (Fsp3) is 0.909. The van der Waals surface area contributed by atoms with Gasteiger partial charge in [-0.25, -0.2) is 0 Å². The molecule has 0 rings (SSSR count). The van der Waals surface area contributed by atoms with Crippen molar-refractivity contribution in [2.75, 3.05) is 19.6 Å². The van der Waals surface area contributed by atoms with Gasteiger partial charge in [-0.2, -0.15) is 0 Å². The molecular formula is C11H24N2O. The highest BCUT2D eigenvalue weighted by Gasteiger charge is 2.04. The minimum Gasteiger partial charge on any atom is -0.354 e. The zero-order chi connectivity index (χ0) is 11.0. The van der Waals surface area contributed by atoms with Crippen LogP contribution in [0.4, 0.5) is 0 Å². The van der Waals surface area contributed by atoms with Gasteiger partial charge >= 0.3 is 0 Å². The molecule has 0 unspecified atom stereocenters. The number of nitrogens with zero attached hydrogens (tertiary/aromatic N) is 1. The summed E-state index contributed by atoms with van der Waals surface area (Å²) in [6.45, 7) is 11.4. The summed E-state index contributed by atoms with van der Waals surface area (Å²) in [5, 5.41) is 2.90. The molecule has 0 heterocycles. The monoisotopic (exact) mass is 200 g/mol. The second-order valence-corrected chi connectivity index (χ2v) is 3.77. The van der Waals surface area contributed by atoms with Crippen LogP contribution in [0.15, 0.2) is 0 Å². The minimum atomic E-state index is 0.0698. The minimum absolute atomic E-state index is 0.0698. The van der Waals surface area contributed by atoms with Crippen LogP contribution in [-0.4, -0.2) is 36.5 Å². The molecule has 0 aliphatic rings. The molecule has 0 spiro atoms. The maximum atomic E-state index is 10.7. The van der Waals surface area contributed by atoms with Crippen molar-refractivity contribution < 1.29 is 4.79 Å². The van der Waals surface area contributed by atoms with Gasteiger partial charge in [0.1, 0.15) is 0 Å². The van der Waals surface area contributed by atoms with Crippen LogP contribution >= 0.6 is 0 Å². The average Bonchev–Trinajstić information content (AvgIpc) is 2.11. The molecule has 0 radical (unpaired) electrons. The van der Waals surface area contributed by atoms with E-state index in [1.807, 2.05) is 0 Å². The van der Waals surface area contributed by atoms with E-state index in [9.17, 15) is 4.79 Å². The Labute approximate surface area is 87.9 Å². The van der Waals surface area contributed by atoms with Crippen LogP contribution in [-0.2, 0) is 4.79 Å². The Kier molecular flexibility index (Phi) is 7.48. The van der Waals surface area contributed by atoms with E-state index in [2.05, 4.69) is 31.0 Å². The van der Waals surface area contributed by atoms with Gasteiger partial charge in [0.25, 0.3) is 0 Å². The van der Waals surface area contributed by atoms with Crippen LogP contribution < -0.4 is 5.32 Å². The van der Waals surface area contributed by atoms with E-state index >= 15 is 0 Å². The van der Waals surface area contributed by atoms with Gasteiger partial charge in [-0.1, -0.05) is 13.8 Å². The van der Waals surface area contributed by atoms with Gasteiger partial charge in [-0.15, -0.1) is 0 Å². The number of nitrogens with one attached hydrogen (secondary N) is 1. The number of hydrogen-bond acceptors (Lipinski definition) is 2. The van der Waals surface area contributed by atoms with Crippen molar-refractivity contribution in [3.8, 4) is 0 Å². The molecule has 0 fully saturated rings. The highest BCUT2D eigenvalue weighted by molar-refractivity contribution is 5.73. The maximum Gasteiger partial charge on any atom is 0.217 e. The molecule has 14 heavy (non-hydrogen) atoms. The van der Waals surface area contributed by atoms with Crippen LogP contribution in [0, 0.1) is 0 Å². The molecule has 1 N–H and O–H groups in total. The molecule has 0 saturated heterocycles. The topological polar surface area (TPSA) is 32.3 Å². The van der Waals surface area contributed by atoms with Gasteiger partial charge < -0.3 is 10.2 Å². The van der Waals surface area contributed by atoms with Crippen LogP contribution in [0.3, 0.4) is 0 Å². The number of hydrogen-bond donors (Lipinski definition) is 1. The highest BCUT2D eigenvalue weighted by Crippen LogP contribution is 1.99. The predicted molar refractivity (Wildman–Crippen MR) is 60.3 cm³/mol. The number of amides is 1. The lowest BCUT2D eigenvalue weighted by molar-refractivity contribution is -0.119. The van der Waals surface area contributed by atoms with Gasteiger partial charge in [-0.3, -0.25) is 4.79 Å². The van der Waals surface area contributed by atoms with E-state index in [-0.39, 0.29) is 5.91 Å². The Morgan fingerprint density at radius 2 is 1.93 bits per heavy atom. The number of carbonyl (C=O) groups excluding carboxylic acids is 1. The molecule has 3 heteroatoms. The van der Waals surface area contributed by atoms with Crippen molar-refractivity contribution in [1.29, 1.82) is 0 Å². The molecule has 1 amide bonds. The molecular weight excluding hydrogens is 176 g/mol. The molecule has 1 atom stereocenters. The molecule has 84 valence electrons. The molecule has 0 aliphatic carbocycles. The number of rotatable bonds is 7. The molecule has 0 aromatic carbocycles. The molecule has 0 aliphatic heterocycles. The molecule has 0 saturated carbocycles. The summed E-state index contributed by atoms with van der Waals surface area (Å²) in [6, 6.07) is 0.308. The molecule has 3 nitrogen and oxygen atoms in total. The van der Waals surface area contributed by atoms with Crippen molar-refractivity contribution >= 4 is 5.91 Å². The summed E-state index contributed by atoms with van der Waals surface area (Å²) in [4.78, 5) is 13.1. The lowest BCUT2D eigenvalue weighted by atomic mass is 10.2. The lowest BCUT2D eigenvalue weighted by Gasteiger charge is -2.19. The van der Waals surface area contributed by atoms with Gasteiger partial charge in [0.2, 0.25) is 5.91 Å². The van der Waals surface area contributed by atoms with E-state index in [1.54, 1.807) is 6.92 Å². The number of carbonyl (C=O) groups is 1. The average molecular weight is 200 g/mol. The quantitative estimate of drug-likeness (QED) is 0.677. The summed E-state index contributed by atoms with van der Waals surface area (Å²) < 4.78 is 0. The third kappa shape index (κ3) is 6.89. The normalized spacial score (nSPS) is 12.9. The van der Waals surface area contributed by atoms with E-state index < -0.39 is 0 Å². The Bertz CT molecular complexity index is 155. The highest BCUT2D eigenvalue weighted by atomic mass is 16.1. The van der Waals surface area contributed by atoms with Crippen molar-refractivity contribution in [2.24, 2.45) is 0 Å². The summed E-state index contributed by atoms with van der Waals surface area (Å²) in [6.07, 6.45) is 2.22. The zero-order valence-electron chi connectivity index (χ0n) is 9.97. The van der Waals surface area contributed by atoms with Crippen LogP contribution in [0.1, 0.15) is 40.5 Å². The van der Waals surface area contributed by atoms with E-state index in [1.165, 1.54) is 0 Å². The first-order valence-electron chi connectivity index (χ1n) is 5.59. The second kappa shape index (κ2) is 7.80. The van der Waals surface area contributed by atoms with Crippen LogP contribution in [0.2, 0.25) is 0 Å². The van der Waals surface area contributed by atoms with E-state index in [0.717, 1.165) is 32.5 Å². The van der Waals surface area contributed by atoms with Crippen LogP contribution in [0.5, 0.6) is 0 Å². The maximum absolute atomic E-state index is 10.7. The second-order valence-electron chi connectivity index (χ2n) is 3.77. The fourth-order valence-corrected chi connectivity index (χ4v) is 1.58. The van der Waals surface area contributed by atoms with Gasteiger partial charge in [0, 0.05) is 13.0 Å². The standard InChI is InChI=1S/C11H24N2O/c1-5-13(6-2)9-7-8-10(3)12-11(4)14/h10H,5-9H2,1-4H3,(H,12,14)/t10-/m0/s1. The summed E-state index contributed by atoms with van der Waals surface area (Å²) in [7, 11) is 0. The van der Waals surface area contributed by atoms with E-state index in [4.69, 9.17) is 0 Å². The first-order chi connectivity index (χ1) is 6.60. The Morgan fingerprint density at radius 3 is 2.36 bits per heavy atom. The van der Waals surface area contributed by atoms with Gasteiger partial charge in [0.05, 0.1) is 0 Å².